The number of benzene rings is 3. The Kier molecular flexibility index (Phi) is 4.53. The minimum absolute atomic E-state index is 0.144. The Labute approximate surface area is 170 Å². The zero-order valence-electron chi connectivity index (χ0n) is 15.1. The summed E-state index contributed by atoms with van der Waals surface area (Å²) in [5.74, 6) is 1.71. The predicted octanol–water partition coefficient (Wildman–Crippen LogP) is 4.35. The first-order valence-electron chi connectivity index (χ1n) is 8.90. The molecule has 144 valence electrons. The van der Waals surface area contributed by atoms with Crippen LogP contribution in [0, 0.1) is 0 Å². The van der Waals surface area contributed by atoms with Gasteiger partial charge in [-0.15, -0.1) is 10.2 Å². The van der Waals surface area contributed by atoms with Crippen molar-refractivity contribution in [2.24, 2.45) is 0 Å². The number of carbonyl (C=O) groups is 1. The van der Waals surface area contributed by atoms with Crippen molar-refractivity contribution in [1.29, 1.82) is 0 Å². The third kappa shape index (κ3) is 3.62. The van der Waals surface area contributed by atoms with Crippen LogP contribution in [-0.4, -0.2) is 28.7 Å². The van der Waals surface area contributed by atoms with Crippen LogP contribution in [0.25, 0.3) is 22.2 Å². The zero-order chi connectivity index (χ0) is 19.6. The topological polar surface area (TPSA) is 86.5 Å². The molecule has 0 unspecified atom stereocenters. The van der Waals surface area contributed by atoms with Crippen LogP contribution in [0.3, 0.4) is 0 Å². The fourth-order valence-electron chi connectivity index (χ4n) is 3.06. The summed E-state index contributed by atoms with van der Waals surface area (Å²) in [6, 6.07) is 19.1. The average molecular weight is 405 g/mol. The number of anilines is 1. The third-order valence-electron chi connectivity index (χ3n) is 4.42. The highest BCUT2D eigenvalue weighted by Crippen LogP contribution is 2.36. The van der Waals surface area contributed by atoms with Crippen molar-refractivity contribution in [2.75, 3.05) is 17.9 Å². The smallest absolute Gasteiger partial charge is 0.277 e. The minimum Gasteiger partial charge on any atom is -0.454 e. The summed E-state index contributed by atoms with van der Waals surface area (Å²) in [4.78, 5) is 12.4. The molecule has 1 N–H and O–H groups in total. The summed E-state index contributed by atoms with van der Waals surface area (Å²) >= 11 is 1.19. The Morgan fingerprint density at radius 2 is 1.86 bits per heavy atom. The molecule has 2 heterocycles. The van der Waals surface area contributed by atoms with Gasteiger partial charge < -0.3 is 19.2 Å². The molecule has 0 spiro atoms. The molecular formula is C21H15N3O4S. The molecule has 3 aromatic carbocycles. The second-order valence-electron chi connectivity index (χ2n) is 6.30. The number of nitrogens with zero attached hydrogens (tertiary/aromatic N) is 2. The molecule has 4 aromatic rings. The van der Waals surface area contributed by atoms with Crippen molar-refractivity contribution in [2.45, 2.75) is 5.22 Å². The van der Waals surface area contributed by atoms with Gasteiger partial charge >= 0.3 is 0 Å². The fraction of sp³-hybridized carbons (Fsp3) is 0.0952. The van der Waals surface area contributed by atoms with Crippen molar-refractivity contribution in [3.63, 3.8) is 0 Å². The fourth-order valence-corrected chi connectivity index (χ4v) is 3.63. The normalized spacial score (nSPS) is 12.3. The van der Waals surface area contributed by atoms with E-state index >= 15 is 0 Å². The Bertz CT molecular complexity index is 1200. The van der Waals surface area contributed by atoms with Gasteiger partial charge in [-0.3, -0.25) is 4.79 Å². The molecule has 1 amide bonds. The zero-order valence-corrected chi connectivity index (χ0v) is 15.9. The lowest BCUT2D eigenvalue weighted by Crippen LogP contribution is -2.14. The molecular weight excluding hydrogens is 390 g/mol. The molecule has 0 bridgehead atoms. The van der Waals surface area contributed by atoms with Gasteiger partial charge in [0.15, 0.2) is 11.5 Å². The van der Waals surface area contributed by atoms with Crippen molar-refractivity contribution in [3.05, 3.63) is 60.7 Å². The number of ether oxygens (including phenoxy) is 2. The largest absolute Gasteiger partial charge is 0.454 e. The summed E-state index contributed by atoms with van der Waals surface area (Å²) in [5.41, 5.74) is 1.51. The Morgan fingerprint density at radius 3 is 2.83 bits per heavy atom. The van der Waals surface area contributed by atoms with E-state index in [1.165, 1.54) is 11.8 Å². The maximum absolute atomic E-state index is 12.4. The van der Waals surface area contributed by atoms with Crippen LogP contribution < -0.4 is 14.8 Å². The number of nitrogens with one attached hydrogen (secondary N) is 1. The lowest BCUT2D eigenvalue weighted by atomic mass is 10.1. The lowest BCUT2D eigenvalue weighted by molar-refractivity contribution is -0.113. The van der Waals surface area contributed by atoms with Gasteiger partial charge in [0, 0.05) is 16.6 Å². The molecule has 0 saturated heterocycles. The van der Waals surface area contributed by atoms with Crippen molar-refractivity contribution < 1.29 is 18.7 Å². The van der Waals surface area contributed by atoms with E-state index in [-0.39, 0.29) is 18.5 Å². The highest BCUT2D eigenvalue weighted by molar-refractivity contribution is 7.99. The van der Waals surface area contributed by atoms with E-state index in [1.54, 1.807) is 12.1 Å². The number of rotatable bonds is 5. The summed E-state index contributed by atoms with van der Waals surface area (Å²) < 4.78 is 16.3. The van der Waals surface area contributed by atoms with Crippen LogP contribution in [0.5, 0.6) is 11.5 Å². The molecule has 0 atom stereocenters. The number of carbonyl (C=O) groups excluding carboxylic acids is 1. The molecule has 5 rings (SSSR count). The van der Waals surface area contributed by atoms with Crippen LogP contribution in [0.2, 0.25) is 0 Å². The predicted molar refractivity (Wildman–Crippen MR) is 109 cm³/mol. The molecule has 1 aromatic heterocycles. The number of hydrogen-bond acceptors (Lipinski definition) is 7. The van der Waals surface area contributed by atoms with E-state index in [0.29, 0.717) is 22.6 Å². The maximum atomic E-state index is 12.4. The van der Waals surface area contributed by atoms with Crippen LogP contribution in [0.4, 0.5) is 5.69 Å². The number of thioether (sulfide) groups is 1. The van der Waals surface area contributed by atoms with Crippen LogP contribution in [0.1, 0.15) is 0 Å². The van der Waals surface area contributed by atoms with Crippen LogP contribution >= 0.6 is 11.8 Å². The highest BCUT2D eigenvalue weighted by atomic mass is 32.2. The van der Waals surface area contributed by atoms with E-state index in [0.717, 1.165) is 22.0 Å². The third-order valence-corrected chi connectivity index (χ3v) is 5.23. The molecule has 0 radical (unpaired) electrons. The second kappa shape index (κ2) is 7.48. The molecule has 1 aliphatic rings. The van der Waals surface area contributed by atoms with Crippen molar-refractivity contribution in [3.8, 4) is 23.0 Å². The Balaban J connectivity index is 1.24. The molecule has 7 nitrogen and oxygen atoms in total. The summed E-state index contributed by atoms with van der Waals surface area (Å²) in [5, 5.41) is 13.4. The number of hydrogen-bond donors (Lipinski definition) is 1. The summed E-state index contributed by atoms with van der Waals surface area (Å²) in [6.45, 7) is 0.204. The van der Waals surface area contributed by atoms with Crippen LogP contribution in [-0.2, 0) is 4.79 Å². The van der Waals surface area contributed by atoms with Crippen molar-refractivity contribution in [1.82, 2.24) is 10.2 Å². The molecule has 0 aliphatic carbocycles. The monoisotopic (exact) mass is 405 g/mol. The minimum atomic E-state index is -0.144. The quantitative estimate of drug-likeness (QED) is 0.494. The average Bonchev–Trinajstić information content (AvgIpc) is 3.41. The molecule has 0 fully saturated rings. The number of amides is 1. The van der Waals surface area contributed by atoms with Gasteiger partial charge in [-0.25, -0.2) is 0 Å². The van der Waals surface area contributed by atoms with Gasteiger partial charge in [0.1, 0.15) is 0 Å². The first-order chi connectivity index (χ1) is 14.3. The van der Waals surface area contributed by atoms with E-state index < -0.39 is 0 Å². The van der Waals surface area contributed by atoms with Crippen LogP contribution in [0.15, 0.2) is 70.3 Å². The lowest BCUT2D eigenvalue weighted by Gasteiger charge is -2.07. The maximum Gasteiger partial charge on any atom is 0.277 e. The second-order valence-corrected chi connectivity index (χ2v) is 7.23. The van der Waals surface area contributed by atoms with Crippen molar-refractivity contribution >= 4 is 34.1 Å². The molecule has 29 heavy (non-hydrogen) atoms. The Hall–Kier alpha value is -3.52. The Morgan fingerprint density at radius 1 is 1.00 bits per heavy atom. The summed E-state index contributed by atoms with van der Waals surface area (Å²) in [6.07, 6.45) is 0. The number of aromatic nitrogens is 2. The van der Waals surface area contributed by atoms with E-state index in [9.17, 15) is 4.79 Å². The highest BCUT2D eigenvalue weighted by Gasteiger charge is 2.17. The SMILES string of the molecule is O=C(CSc1nnc(-c2ccc3c(c2)OCO3)o1)Nc1cccc2ccccc12. The summed E-state index contributed by atoms with van der Waals surface area (Å²) in [7, 11) is 0. The van der Waals surface area contributed by atoms with E-state index in [2.05, 4.69) is 15.5 Å². The van der Waals surface area contributed by atoms with Gasteiger partial charge in [0.05, 0.1) is 5.75 Å². The van der Waals surface area contributed by atoms with Gasteiger partial charge in [0.25, 0.3) is 5.22 Å². The van der Waals surface area contributed by atoms with Gasteiger partial charge in [-0.2, -0.15) is 0 Å². The van der Waals surface area contributed by atoms with Gasteiger partial charge in [-0.05, 0) is 29.7 Å². The first-order valence-corrected chi connectivity index (χ1v) is 9.89. The standard InChI is InChI=1S/C21H15N3O4S/c25-19(22-16-7-3-5-13-4-1-2-6-15(13)16)11-29-21-24-23-20(28-21)14-8-9-17-18(10-14)27-12-26-17/h1-10H,11-12H2,(H,22,25). The van der Waals surface area contributed by atoms with Gasteiger partial charge in [0.2, 0.25) is 18.6 Å². The van der Waals surface area contributed by atoms with E-state index in [1.807, 2.05) is 48.5 Å². The molecule has 8 heteroatoms. The van der Waals surface area contributed by atoms with Gasteiger partial charge in [-0.1, -0.05) is 48.2 Å². The first kappa shape index (κ1) is 17.6. The molecule has 1 aliphatic heterocycles. The van der Waals surface area contributed by atoms with E-state index in [4.69, 9.17) is 13.9 Å². The number of fused-ring (bicyclic) bond motifs is 2. The molecule has 0 saturated carbocycles.